The Morgan fingerprint density at radius 3 is 2.42 bits per heavy atom. The highest BCUT2D eigenvalue weighted by molar-refractivity contribution is 5.95. The SMILES string of the molecule is CCN(CC(=O)Nc1ccccc1C(F)(F)F)C(=O)C1CNC1.Cl. The van der Waals surface area contributed by atoms with E-state index in [0.717, 1.165) is 6.07 Å². The molecule has 0 radical (unpaired) electrons. The summed E-state index contributed by atoms with van der Waals surface area (Å²) < 4.78 is 38.7. The number of carbonyl (C=O) groups is 2. The Labute approximate surface area is 144 Å². The summed E-state index contributed by atoms with van der Waals surface area (Å²) >= 11 is 0. The third kappa shape index (κ3) is 4.85. The molecule has 1 heterocycles. The molecule has 2 amide bonds. The fraction of sp³-hybridized carbons (Fsp3) is 0.467. The number of halogens is 4. The number of benzene rings is 1. The van der Waals surface area contributed by atoms with Crippen molar-refractivity contribution in [1.82, 2.24) is 10.2 Å². The molecule has 1 aromatic rings. The van der Waals surface area contributed by atoms with E-state index in [4.69, 9.17) is 0 Å². The summed E-state index contributed by atoms with van der Waals surface area (Å²) in [6.45, 7) is 2.91. The summed E-state index contributed by atoms with van der Waals surface area (Å²) in [7, 11) is 0. The van der Waals surface area contributed by atoms with Crippen molar-refractivity contribution in [3.05, 3.63) is 29.8 Å². The fourth-order valence-electron chi connectivity index (χ4n) is 2.27. The maximum absolute atomic E-state index is 12.9. The summed E-state index contributed by atoms with van der Waals surface area (Å²) in [4.78, 5) is 25.4. The largest absolute Gasteiger partial charge is 0.418 e. The zero-order chi connectivity index (χ0) is 17.0. The Kier molecular flexibility index (Phi) is 7.04. The number of likely N-dealkylation sites (N-methyl/N-ethyl adjacent to an activating group) is 1. The lowest BCUT2D eigenvalue weighted by molar-refractivity contribution is -0.140. The summed E-state index contributed by atoms with van der Waals surface area (Å²) in [6.07, 6.45) is -4.55. The molecule has 1 aromatic carbocycles. The van der Waals surface area contributed by atoms with Crippen molar-refractivity contribution in [2.45, 2.75) is 13.1 Å². The molecule has 0 atom stereocenters. The number of alkyl halides is 3. The quantitative estimate of drug-likeness (QED) is 0.840. The van der Waals surface area contributed by atoms with Gasteiger partial charge < -0.3 is 15.5 Å². The van der Waals surface area contributed by atoms with Crippen molar-refractivity contribution in [2.75, 3.05) is 31.5 Å². The maximum atomic E-state index is 12.9. The number of rotatable bonds is 5. The first kappa shape index (κ1) is 20.2. The molecule has 0 aliphatic carbocycles. The van der Waals surface area contributed by atoms with Crippen LogP contribution in [0.4, 0.5) is 18.9 Å². The number of nitrogens with zero attached hydrogens (tertiary/aromatic N) is 1. The summed E-state index contributed by atoms with van der Waals surface area (Å²) in [5, 5.41) is 5.21. The van der Waals surface area contributed by atoms with E-state index in [2.05, 4.69) is 10.6 Å². The topological polar surface area (TPSA) is 61.4 Å². The van der Waals surface area contributed by atoms with Crippen LogP contribution in [0, 0.1) is 5.92 Å². The highest BCUT2D eigenvalue weighted by Gasteiger charge is 2.34. The monoisotopic (exact) mass is 365 g/mol. The minimum absolute atomic E-state index is 0. The van der Waals surface area contributed by atoms with E-state index in [1.54, 1.807) is 6.92 Å². The third-order valence-corrected chi connectivity index (χ3v) is 3.67. The Bertz CT molecular complexity index is 592. The van der Waals surface area contributed by atoms with E-state index in [1.165, 1.54) is 23.1 Å². The number of nitrogens with one attached hydrogen (secondary N) is 2. The minimum atomic E-state index is -4.55. The Hall–Kier alpha value is -1.80. The standard InChI is InChI=1S/C15H18F3N3O2.ClH/c1-2-21(14(23)10-7-19-8-10)9-13(22)20-12-6-4-3-5-11(12)15(16,17)18;/h3-6,10,19H,2,7-9H2,1H3,(H,20,22);1H. The van der Waals surface area contributed by atoms with Gasteiger partial charge in [-0.1, -0.05) is 12.1 Å². The molecule has 0 unspecified atom stereocenters. The van der Waals surface area contributed by atoms with Gasteiger partial charge in [0.2, 0.25) is 11.8 Å². The van der Waals surface area contributed by atoms with Crippen molar-refractivity contribution in [3.8, 4) is 0 Å². The van der Waals surface area contributed by atoms with Crippen molar-refractivity contribution in [2.24, 2.45) is 5.92 Å². The van der Waals surface area contributed by atoms with Gasteiger partial charge in [0.1, 0.15) is 0 Å². The second-order valence-corrected chi connectivity index (χ2v) is 5.30. The van der Waals surface area contributed by atoms with Crippen LogP contribution in [0.5, 0.6) is 0 Å². The van der Waals surface area contributed by atoms with E-state index in [0.29, 0.717) is 19.6 Å². The van der Waals surface area contributed by atoms with Crippen molar-refractivity contribution < 1.29 is 22.8 Å². The summed E-state index contributed by atoms with van der Waals surface area (Å²) in [6, 6.07) is 4.75. The van der Waals surface area contributed by atoms with Gasteiger partial charge in [-0.15, -0.1) is 12.4 Å². The molecule has 1 saturated heterocycles. The fourth-order valence-corrected chi connectivity index (χ4v) is 2.27. The number of anilines is 1. The van der Waals surface area contributed by atoms with E-state index in [1.807, 2.05) is 0 Å². The van der Waals surface area contributed by atoms with Gasteiger partial charge in [0.05, 0.1) is 23.7 Å². The molecule has 24 heavy (non-hydrogen) atoms. The molecule has 134 valence electrons. The average Bonchev–Trinajstić information content (AvgIpc) is 2.42. The van der Waals surface area contributed by atoms with Crippen molar-refractivity contribution in [1.29, 1.82) is 0 Å². The predicted molar refractivity (Wildman–Crippen MR) is 85.9 cm³/mol. The summed E-state index contributed by atoms with van der Waals surface area (Å²) in [5.41, 5.74) is -1.22. The first-order valence-electron chi connectivity index (χ1n) is 7.28. The van der Waals surface area contributed by atoms with Gasteiger partial charge in [-0.3, -0.25) is 9.59 Å². The van der Waals surface area contributed by atoms with Crippen LogP contribution < -0.4 is 10.6 Å². The lowest BCUT2D eigenvalue weighted by Crippen LogP contribution is -2.53. The van der Waals surface area contributed by atoms with Gasteiger partial charge in [-0.2, -0.15) is 13.2 Å². The molecule has 1 aliphatic rings. The first-order valence-corrected chi connectivity index (χ1v) is 7.28. The molecule has 0 spiro atoms. The van der Waals surface area contributed by atoms with Gasteiger partial charge in [-0.25, -0.2) is 0 Å². The van der Waals surface area contributed by atoms with E-state index >= 15 is 0 Å². The number of amides is 2. The molecule has 0 saturated carbocycles. The lowest BCUT2D eigenvalue weighted by Gasteiger charge is -2.31. The normalized spacial score (nSPS) is 14.3. The summed E-state index contributed by atoms with van der Waals surface area (Å²) in [5.74, 6) is -0.972. The number of para-hydroxylation sites is 1. The average molecular weight is 366 g/mol. The van der Waals surface area contributed by atoms with Gasteiger partial charge >= 0.3 is 6.18 Å². The molecular formula is C15H19ClF3N3O2. The predicted octanol–water partition coefficient (Wildman–Crippen LogP) is 2.13. The highest BCUT2D eigenvalue weighted by atomic mass is 35.5. The lowest BCUT2D eigenvalue weighted by atomic mass is 10.0. The maximum Gasteiger partial charge on any atom is 0.418 e. The number of hydrogen-bond donors (Lipinski definition) is 2. The van der Waals surface area contributed by atoms with Crippen LogP contribution in [-0.4, -0.2) is 42.9 Å². The van der Waals surface area contributed by atoms with Crippen molar-refractivity contribution >= 4 is 29.9 Å². The molecule has 9 heteroatoms. The van der Waals surface area contributed by atoms with Crippen LogP contribution in [0.25, 0.3) is 0 Å². The van der Waals surface area contributed by atoms with E-state index < -0.39 is 17.6 Å². The third-order valence-electron chi connectivity index (χ3n) is 3.67. The molecule has 2 N–H and O–H groups in total. The minimum Gasteiger partial charge on any atom is -0.333 e. The smallest absolute Gasteiger partial charge is 0.333 e. The second kappa shape index (κ2) is 8.34. The van der Waals surface area contributed by atoms with Crippen molar-refractivity contribution in [3.63, 3.8) is 0 Å². The molecule has 5 nitrogen and oxygen atoms in total. The Morgan fingerprint density at radius 2 is 1.92 bits per heavy atom. The molecule has 1 aliphatic heterocycles. The second-order valence-electron chi connectivity index (χ2n) is 5.30. The molecule has 2 rings (SSSR count). The Morgan fingerprint density at radius 1 is 1.29 bits per heavy atom. The van der Waals surface area contributed by atoms with Gasteiger partial charge in [0.15, 0.2) is 0 Å². The van der Waals surface area contributed by atoms with Gasteiger partial charge in [0, 0.05) is 19.6 Å². The van der Waals surface area contributed by atoms with Crippen LogP contribution in [0.15, 0.2) is 24.3 Å². The zero-order valence-electron chi connectivity index (χ0n) is 13.0. The van der Waals surface area contributed by atoms with Crippen LogP contribution in [0.1, 0.15) is 12.5 Å². The Balaban J connectivity index is 0.00000288. The van der Waals surface area contributed by atoms with Gasteiger partial charge in [-0.05, 0) is 19.1 Å². The van der Waals surface area contributed by atoms with Crippen LogP contribution in [0.2, 0.25) is 0 Å². The molecule has 0 aromatic heterocycles. The van der Waals surface area contributed by atoms with Crippen LogP contribution in [0.3, 0.4) is 0 Å². The van der Waals surface area contributed by atoms with E-state index in [-0.39, 0.29) is 36.5 Å². The zero-order valence-corrected chi connectivity index (χ0v) is 13.8. The molecule has 1 fully saturated rings. The first-order chi connectivity index (χ1) is 10.8. The molecular weight excluding hydrogens is 347 g/mol. The number of carbonyl (C=O) groups excluding carboxylic acids is 2. The highest BCUT2D eigenvalue weighted by Crippen LogP contribution is 2.34. The van der Waals surface area contributed by atoms with Gasteiger partial charge in [0.25, 0.3) is 0 Å². The van der Waals surface area contributed by atoms with E-state index in [9.17, 15) is 22.8 Å². The molecule has 0 bridgehead atoms. The van der Waals surface area contributed by atoms with Crippen LogP contribution >= 0.6 is 12.4 Å². The van der Waals surface area contributed by atoms with Crippen LogP contribution in [-0.2, 0) is 15.8 Å². The number of hydrogen-bond acceptors (Lipinski definition) is 3.